The molecule has 0 bridgehead atoms. The van der Waals surface area contributed by atoms with E-state index in [-0.39, 0.29) is 11.7 Å². The molecule has 4 nitrogen and oxygen atoms in total. The van der Waals surface area contributed by atoms with Crippen LogP contribution < -0.4 is 4.74 Å². The molecule has 1 aliphatic carbocycles. The molecule has 1 saturated carbocycles. The van der Waals surface area contributed by atoms with Gasteiger partial charge in [-0.2, -0.15) is 0 Å². The fourth-order valence-electron chi connectivity index (χ4n) is 4.56. The molecule has 2 aliphatic rings. The summed E-state index contributed by atoms with van der Waals surface area (Å²) in [6, 6.07) is 8.53. The van der Waals surface area contributed by atoms with Crippen LogP contribution in [-0.4, -0.2) is 29.0 Å². The largest absolute Gasteiger partial charge is 0.506 e. The Morgan fingerprint density at radius 3 is 2.63 bits per heavy atom. The summed E-state index contributed by atoms with van der Waals surface area (Å²) in [7, 11) is 1.85. The fourth-order valence-corrected chi connectivity index (χ4v) is 4.56. The molecule has 1 heterocycles. The molecule has 1 fully saturated rings. The Morgan fingerprint density at radius 2 is 1.97 bits per heavy atom. The maximum absolute atomic E-state index is 13.4. The van der Waals surface area contributed by atoms with E-state index in [0.717, 1.165) is 60.8 Å². The number of phenolic OH excluding ortho intramolecular Hbond substituents is 1. The van der Waals surface area contributed by atoms with E-state index in [9.17, 15) is 9.90 Å². The van der Waals surface area contributed by atoms with Crippen molar-refractivity contribution < 1.29 is 14.6 Å². The van der Waals surface area contributed by atoms with E-state index in [0.29, 0.717) is 22.9 Å². The number of phenols is 1. The van der Waals surface area contributed by atoms with Gasteiger partial charge >= 0.3 is 0 Å². The van der Waals surface area contributed by atoms with Gasteiger partial charge in [0.1, 0.15) is 17.1 Å². The number of nitrogens with zero attached hydrogens (tertiary/aromatic N) is 1. The van der Waals surface area contributed by atoms with Crippen LogP contribution in [0.5, 0.6) is 11.5 Å². The minimum atomic E-state index is -0.501. The van der Waals surface area contributed by atoms with Gasteiger partial charge in [-0.3, -0.25) is 4.79 Å². The summed E-state index contributed by atoms with van der Waals surface area (Å²) in [5.41, 5.74) is 4.61. The molecule has 2 aromatic rings. The number of unbranched alkanes of at least 4 members (excludes halogenated alkanes) is 2. The standard InChI is InChI=1S/C26H33NO3/c1-6-7-8-9-17-15-21-23(24(28)22(17)25(29)27(5)18-11-12-18)19-14-16(2)10-13-20(19)26(3,4)30-21/h10,13-15,18,28H,6-9,11-12H2,1-5H3. The van der Waals surface area contributed by atoms with Crippen molar-refractivity contribution in [1.82, 2.24) is 4.90 Å². The Morgan fingerprint density at radius 1 is 1.23 bits per heavy atom. The molecule has 30 heavy (non-hydrogen) atoms. The van der Waals surface area contributed by atoms with Crippen molar-refractivity contribution in [2.24, 2.45) is 0 Å². The maximum Gasteiger partial charge on any atom is 0.257 e. The summed E-state index contributed by atoms with van der Waals surface area (Å²) < 4.78 is 6.38. The lowest BCUT2D eigenvalue weighted by atomic mass is 9.83. The van der Waals surface area contributed by atoms with Crippen LogP contribution in [0.4, 0.5) is 0 Å². The Kier molecular flexibility index (Phi) is 5.29. The van der Waals surface area contributed by atoms with E-state index < -0.39 is 5.60 Å². The number of hydrogen-bond acceptors (Lipinski definition) is 3. The van der Waals surface area contributed by atoms with E-state index in [1.54, 1.807) is 4.90 Å². The quantitative estimate of drug-likeness (QED) is 0.601. The average molecular weight is 408 g/mol. The lowest BCUT2D eigenvalue weighted by molar-refractivity contribution is 0.0780. The predicted molar refractivity (Wildman–Crippen MR) is 120 cm³/mol. The van der Waals surface area contributed by atoms with Crippen molar-refractivity contribution in [1.29, 1.82) is 0 Å². The van der Waals surface area contributed by atoms with Crippen molar-refractivity contribution in [3.63, 3.8) is 0 Å². The highest BCUT2D eigenvalue weighted by atomic mass is 16.5. The number of benzene rings is 2. The maximum atomic E-state index is 13.4. The van der Waals surface area contributed by atoms with Crippen molar-refractivity contribution >= 4 is 5.91 Å². The van der Waals surface area contributed by atoms with Gasteiger partial charge in [-0.25, -0.2) is 0 Å². The first-order chi connectivity index (χ1) is 14.2. The Hall–Kier alpha value is -2.49. The Balaban J connectivity index is 1.90. The molecule has 0 spiro atoms. The molecule has 160 valence electrons. The van der Waals surface area contributed by atoms with Gasteiger partial charge in [0, 0.05) is 18.7 Å². The normalized spacial score (nSPS) is 16.4. The number of rotatable bonds is 6. The summed E-state index contributed by atoms with van der Waals surface area (Å²) in [6.45, 7) is 8.32. The van der Waals surface area contributed by atoms with Gasteiger partial charge in [-0.15, -0.1) is 0 Å². The SMILES string of the molecule is CCCCCc1cc2c(c(O)c1C(=O)N(C)C1CC1)-c1cc(C)ccc1C(C)(C)O2. The smallest absolute Gasteiger partial charge is 0.257 e. The number of aryl methyl sites for hydroxylation is 2. The lowest BCUT2D eigenvalue weighted by Crippen LogP contribution is -2.32. The summed E-state index contributed by atoms with van der Waals surface area (Å²) >= 11 is 0. The van der Waals surface area contributed by atoms with Crippen LogP contribution in [0, 0.1) is 6.92 Å². The third kappa shape index (κ3) is 3.57. The number of fused-ring (bicyclic) bond motifs is 3. The first-order valence-corrected chi connectivity index (χ1v) is 11.2. The van der Waals surface area contributed by atoms with Gasteiger partial charge in [0.15, 0.2) is 0 Å². The monoisotopic (exact) mass is 407 g/mol. The second-order valence-electron chi connectivity index (χ2n) is 9.40. The van der Waals surface area contributed by atoms with Crippen molar-refractivity contribution in [2.75, 3.05) is 7.05 Å². The van der Waals surface area contributed by atoms with Crippen molar-refractivity contribution in [3.8, 4) is 22.6 Å². The lowest BCUT2D eigenvalue weighted by Gasteiger charge is -2.36. The van der Waals surface area contributed by atoms with Gasteiger partial charge in [0.2, 0.25) is 0 Å². The van der Waals surface area contributed by atoms with Crippen LogP contribution in [0.15, 0.2) is 24.3 Å². The average Bonchev–Trinajstić information content (AvgIpc) is 3.51. The van der Waals surface area contributed by atoms with Crippen LogP contribution in [0.3, 0.4) is 0 Å². The van der Waals surface area contributed by atoms with Crippen LogP contribution in [0.25, 0.3) is 11.1 Å². The first kappa shape index (κ1) is 20.8. The van der Waals surface area contributed by atoms with Crippen LogP contribution in [0.2, 0.25) is 0 Å². The Labute approximate surface area is 179 Å². The number of ether oxygens (including phenoxy) is 1. The van der Waals surface area contributed by atoms with Crippen LogP contribution in [0.1, 0.15) is 79.9 Å². The highest BCUT2D eigenvalue weighted by Gasteiger charge is 2.38. The summed E-state index contributed by atoms with van der Waals surface area (Å²) in [5, 5.41) is 11.5. The first-order valence-electron chi connectivity index (χ1n) is 11.2. The fraction of sp³-hybridized carbons (Fsp3) is 0.500. The molecule has 0 unspecified atom stereocenters. The molecule has 4 heteroatoms. The molecule has 1 N–H and O–H groups in total. The Bertz CT molecular complexity index is 988. The third-order valence-corrected chi connectivity index (χ3v) is 6.48. The second kappa shape index (κ2) is 7.64. The van der Waals surface area contributed by atoms with Gasteiger partial charge in [-0.1, -0.05) is 43.5 Å². The van der Waals surface area contributed by atoms with E-state index in [4.69, 9.17) is 4.74 Å². The summed E-state index contributed by atoms with van der Waals surface area (Å²) in [4.78, 5) is 15.2. The molecular weight excluding hydrogens is 374 g/mol. The van der Waals surface area contributed by atoms with Gasteiger partial charge in [0.05, 0.1) is 11.1 Å². The predicted octanol–water partition coefficient (Wildman–Crippen LogP) is 5.96. The summed E-state index contributed by atoms with van der Waals surface area (Å²) in [5.74, 6) is 0.662. The molecule has 1 amide bonds. The molecule has 2 aromatic carbocycles. The number of carbonyl (C=O) groups is 1. The zero-order valence-corrected chi connectivity index (χ0v) is 18.8. The van der Waals surface area contributed by atoms with Crippen LogP contribution in [-0.2, 0) is 12.0 Å². The molecule has 1 aliphatic heterocycles. The highest BCUT2D eigenvalue weighted by Crippen LogP contribution is 2.51. The molecule has 0 saturated heterocycles. The van der Waals surface area contributed by atoms with E-state index >= 15 is 0 Å². The third-order valence-electron chi connectivity index (χ3n) is 6.48. The van der Waals surface area contributed by atoms with Gasteiger partial charge in [0.25, 0.3) is 5.91 Å². The number of hydrogen-bond donors (Lipinski definition) is 1. The molecular formula is C26H33NO3. The molecule has 0 atom stereocenters. The van der Waals surface area contributed by atoms with Gasteiger partial charge in [-0.05, 0) is 63.6 Å². The van der Waals surface area contributed by atoms with E-state index in [2.05, 4.69) is 39.0 Å². The zero-order valence-electron chi connectivity index (χ0n) is 18.8. The number of carbonyl (C=O) groups excluding carboxylic acids is 1. The van der Waals surface area contributed by atoms with E-state index in [1.165, 1.54) is 0 Å². The van der Waals surface area contributed by atoms with Crippen LogP contribution >= 0.6 is 0 Å². The second-order valence-corrected chi connectivity index (χ2v) is 9.40. The van der Waals surface area contributed by atoms with Crippen molar-refractivity contribution in [3.05, 3.63) is 46.5 Å². The number of aromatic hydroxyl groups is 1. The minimum absolute atomic E-state index is 0.0684. The topological polar surface area (TPSA) is 49.8 Å². The minimum Gasteiger partial charge on any atom is -0.506 e. The molecule has 4 rings (SSSR count). The van der Waals surface area contributed by atoms with Crippen molar-refractivity contribution in [2.45, 2.75) is 77.9 Å². The molecule has 0 aromatic heterocycles. The van der Waals surface area contributed by atoms with E-state index in [1.807, 2.05) is 20.0 Å². The van der Waals surface area contributed by atoms with Gasteiger partial charge < -0.3 is 14.7 Å². The number of amides is 1. The zero-order chi connectivity index (χ0) is 21.6. The highest BCUT2D eigenvalue weighted by molar-refractivity contribution is 6.02. The summed E-state index contributed by atoms with van der Waals surface area (Å²) in [6.07, 6.45) is 6.04. The molecule has 0 radical (unpaired) electrons.